The Bertz CT molecular complexity index is 819. The fraction of sp³-hybridized carbons (Fsp3) is 0.350. The molecule has 1 N–H and O–H groups in total. The maximum Gasteiger partial charge on any atom is 0.256 e. The molecule has 3 unspecified atom stereocenters. The molecule has 3 aliphatic rings. The summed E-state index contributed by atoms with van der Waals surface area (Å²) in [5, 5.41) is 4.57. The minimum absolute atomic E-state index is 0.155. The first-order valence-corrected chi connectivity index (χ1v) is 9.06. The molecule has 1 saturated heterocycles. The predicted molar refractivity (Wildman–Crippen MR) is 94.0 cm³/mol. The van der Waals surface area contributed by atoms with Gasteiger partial charge in [0, 0.05) is 28.2 Å². The van der Waals surface area contributed by atoms with Crippen LogP contribution in [0.1, 0.15) is 47.2 Å². The first-order valence-electron chi connectivity index (χ1n) is 8.69. The van der Waals surface area contributed by atoms with Gasteiger partial charge in [-0.3, -0.25) is 10.1 Å². The van der Waals surface area contributed by atoms with Crippen LogP contribution in [0.5, 0.6) is 0 Å². The Morgan fingerprint density at radius 2 is 1.79 bits per heavy atom. The van der Waals surface area contributed by atoms with E-state index >= 15 is 0 Å². The largest absolute Gasteiger partial charge is 0.308 e. The van der Waals surface area contributed by atoms with Crippen LogP contribution in [0.15, 0.2) is 48.5 Å². The van der Waals surface area contributed by atoms with Gasteiger partial charge < -0.3 is 4.90 Å². The fourth-order valence-electron chi connectivity index (χ4n) is 4.87. The van der Waals surface area contributed by atoms with Crippen LogP contribution in [0.25, 0.3) is 0 Å². The zero-order valence-corrected chi connectivity index (χ0v) is 14.1. The van der Waals surface area contributed by atoms with E-state index in [2.05, 4.69) is 28.4 Å². The third-order valence-corrected chi connectivity index (χ3v) is 6.10. The summed E-state index contributed by atoms with van der Waals surface area (Å²) in [7, 11) is 0. The third-order valence-electron chi connectivity index (χ3n) is 5.84. The minimum atomic E-state index is -0.544. The fourth-order valence-corrected chi connectivity index (χ4v) is 5.00. The van der Waals surface area contributed by atoms with E-state index in [0.29, 0.717) is 6.04 Å². The molecule has 1 aliphatic carbocycles. The van der Waals surface area contributed by atoms with Crippen LogP contribution in [0.3, 0.4) is 0 Å². The zero-order valence-electron chi connectivity index (χ0n) is 13.3. The molecule has 0 aromatic heterocycles. The summed E-state index contributed by atoms with van der Waals surface area (Å²) < 4.78 is 0. The van der Waals surface area contributed by atoms with Gasteiger partial charge >= 0.3 is 0 Å². The van der Waals surface area contributed by atoms with Gasteiger partial charge in [0.2, 0.25) is 0 Å². The molecule has 1 saturated carbocycles. The van der Waals surface area contributed by atoms with Crippen LogP contribution < -0.4 is 5.32 Å². The van der Waals surface area contributed by atoms with Gasteiger partial charge in [0.1, 0.15) is 5.66 Å². The second kappa shape index (κ2) is 5.08. The number of hydrogen-bond acceptors (Lipinski definition) is 2. The number of carbonyl (C=O) groups is 1. The van der Waals surface area contributed by atoms with Gasteiger partial charge in [0.05, 0.1) is 0 Å². The van der Waals surface area contributed by atoms with Crippen LogP contribution in [0.2, 0.25) is 5.02 Å². The minimum Gasteiger partial charge on any atom is -0.308 e. The highest BCUT2D eigenvalue weighted by atomic mass is 35.5. The third kappa shape index (κ3) is 1.74. The van der Waals surface area contributed by atoms with Gasteiger partial charge in [-0.25, -0.2) is 0 Å². The van der Waals surface area contributed by atoms with E-state index in [1.165, 1.54) is 12.8 Å². The van der Waals surface area contributed by atoms with Crippen molar-refractivity contribution in [2.45, 2.75) is 43.4 Å². The standard InChI is InChI=1S/C20H19ClN2O/c21-14-11-9-13(10-12-14)20-16-6-2-1-5-15(16)19(24)23(20)18-8-4-3-7-17(18)22-20/h1-2,5-6,9-12,17-18,22H,3-4,7-8H2. The summed E-state index contributed by atoms with van der Waals surface area (Å²) in [6, 6.07) is 16.6. The highest BCUT2D eigenvalue weighted by Gasteiger charge is 2.60. The highest BCUT2D eigenvalue weighted by molar-refractivity contribution is 6.30. The molecule has 3 atom stereocenters. The molecule has 1 amide bonds. The number of nitrogens with zero attached hydrogens (tertiary/aromatic N) is 1. The summed E-state index contributed by atoms with van der Waals surface area (Å²) in [6.45, 7) is 0. The normalized spacial score (nSPS) is 30.9. The number of amides is 1. The molecule has 2 aromatic carbocycles. The van der Waals surface area contributed by atoms with Crippen molar-refractivity contribution >= 4 is 17.5 Å². The summed E-state index contributed by atoms with van der Waals surface area (Å²) >= 11 is 6.11. The number of fused-ring (bicyclic) bond motifs is 5. The maximum atomic E-state index is 13.2. The summed E-state index contributed by atoms with van der Waals surface area (Å²) in [5.41, 5.74) is 2.45. The van der Waals surface area contributed by atoms with Gasteiger partial charge in [-0.2, -0.15) is 0 Å². The maximum absolute atomic E-state index is 13.2. The Labute approximate surface area is 146 Å². The Hall–Kier alpha value is -1.84. The Morgan fingerprint density at radius 1 is 1.04 bits per heavy atom. The molecule has 5 rings (SSSR count). The zero-order chi connectivity index (χ0) is 16.3. The van der Waals surface area contributed by atoms with Gasteiger partial charge in [-0.05, 0) is 36.6 Å². The lowest BCUT2D eigenvalue weighted by molar-refractivity contribution is 0.0587. The molecule has 2 heterocycles. The lowest BCUT2D eigenvalue weighted by Crippen LogP contribution is -2.48. The van der Waals surface area contributed by atoms with E-state index in [4.69, 9.17) is 11.6 Å². The SMILES string of the molecule is O=C1c2ccccc2C2(c3ccc(Cl)cc3)NC3CCCCC3N12. The first kappa shape index (κ1) is 14.5. The lowest BCUT2D eigenvalue weighted by atomic mass is 9.90. The van der Waals surface area contributed by atoms with E-state index in [1.54, 1.807) is 0 Å². The second-order valence-electron chi connectivity index (χ2n) is 7.04. The van der Waals surface area contributed by atoms with Crippen molar-refractivity contribution in [2.24, 2.45) is 0 Å². The number of carbonyl (C=O) groups excluding carboxylic acids is 1. The van der Waals surface area contributed by atoms with Gasteiger partial charge in [-0.1, -0.05) is 54.8 Å². The highest BCUT2D eigenvalue weighted by Crippen LogP contribution is 2.50. The van der Waals surface area contributed by atoms with Gasteiger partial charge in [0.25, 0.3) is 5.91 Å². The Balaban J connectivity index is 1.76. The summed E-state index contributed by atoms with van der Waals surface area (Å²) in [5.74, 6) is 0.155. The van der Waals surface area contributed by atoms with Gasteiger partial charge in [0.15, 0.2) is 0 Å². The number of rotatable bonds is 1. The average Bonchev–Trinajstić information content (AvgIpc) is 3.08. The molecular formula is C20H19ClN2O. The average molecular weight is 339 g/mol. The molecule has 0 spiro atoms. The van der Waals surface area contributed by atoms with Crippen molar-refractivity contribution in [1.82, 2.24) is 10.2 Å². The molecule has 3 nitrogen and oxygen atoms in total. The molecule has 2 fully saturated rings. The van der Waals surface area contributed by atoms with Crippen LogP contribution in [0, 0.1) is 0 Å². The molecule has 122 valence electrons. The topological polar surface area (TPSA) is 32.3 Å². The summed E-state index contributed by atoms with van der Waals surface area (Å²) in [4.78, 5) is 15.4. The van der Waals surface area contributed by atoms with E-state index in [1.807, 2.05) is 30.3 Å². The molecule has 2 aliphatic heterocycles. The quantitative estimate of drug-likeness (QED) is 0.855. The van der Waals surface area contributed by atoms with Crippen molar-refractivity contribution in [3.63, 3.8) is 0 Å². The van der Waals surface area contributed by atoms with Crippen molar-refractivity contribution < 1.29 is 4.79 Å². The van der Waals surface area contributed by atoms with E-state index < -0.39 is 5.66 Å². The lowest BCUT2D eigenvalue weighted by Gasteiger charge is -2.36. The van der Waals surface area contributed by atoms with Crippen LogP contribution in [0.4, 0.5) is 0 Å². The molecule has 24 heavy (non-hydrogen) atoms. The van der Waals surface area contributed by atoms with Crippen molar-refractivity contribution in [2.75, 3.05) is 0 Å². The van der Waals surface area contributed by atoms with Gasteiger partial charge in [-0.15, -0.1) is 0 Å². The van der Waals surface area contributed by atoms with Crippen LogP contribution in [-0.2, 0) is 5.66 Å². The number of nitrogens with one attached hydrogen (secondary N) is 1. The molecule has 4 heteroatoms. The Kier molecular flexibility index (Phi) is 3.07. The number of hydrogen-bond donors (Lipinski definition) is 1. The summed E-state index contributed by atoms with van der Waals surface area (Å²) in [6.07, 6.45) is 4.63. The van der Waals surface area contributed by atoms with E-state index in [-0.39, 0.29) is 11.9 Å². The monoisotopic (exact) mass is 338 g/mol. The van der Waals surface area contributed by atoms with Crippen molar-refractivity contribution in [1.29, 1.82) is 0 Å². The smallest absolute Gasteiger partial charge is 0.256 e. The molecular weight excluding hydrogens is 320 g/mol. The molecule has 0 bridgehead atoms. The molecule has 0 radical (unpaired) electrons. The second-order valence-corrected chi connectivity index (χ2v) is 7.48. The van der Waals surface area contributed by atoms with Crippen molar-refractivity contribution in [3.05, 3.63) is 70.2 Å². The van der Waals surface area contributed by atoms with Crippen LogP contribution >= 0.6 is 11.6 Å². The molecule has 2 aromatic rings. The van der Waals surface area contributed by atoms with Crippen LogP contribution in [-0.4, -0.2) is 22.9 Å². The first-order chi connectivity index (χ1) is 11.7. The van der Waals surface area contributed by atoms with E-state index in [0.717, 1.165) is 34.6 Å². The van der Waals surface area contributed by atoms with Crippen molar-refractivity contribution in [3.8, 4) is 0 Å². The Morgan fingerprint density at radius 3 is 2.62 bits per heavy atom. The number of halogens is 1. The number of benzene rings is 2. The van der Waals surface area contributed by atoms with E-state index in [9.17, 15) is 4.79 Å². The predicted octanol–water partition coefficient (Wildman–Crippen LogP) is 3.91.